The van der Waals surface area contributed by atoms with Crippen LogP contribution in [0, 0.1) is 13.8 Å². The third kappa shape index (κ3) is 4.62. The Balaban J connectivity index is 1.95. The van der Waals surface area contributed by atoms with E-state index in [4.69, 9.17) is 4.74 Å². The molecule has 0 aliphatic heterocycles. The van der Waals surface area contributed by atoms with Crippen LogP contribution in [-0.4, -0.2) is 17.4 Å². The number of ether oxygens (including phenoxy) is 1. The molecule has 138 valence electrons. The first-order valence-electron chi connectivity index (χ1n) is 9.32. The highest BCUT2D eigenvalue weighted by Crippen LogP contribution is 2.32. The maximum absolute atomic E-state index is 13.0. The van der Waals surface area contributed by atoms with Crippen molar-refractivity contribution in [3.05, 3.63) is 94.8 Å². The SMILES string of the molecule is CCOc1ccc([C@@H](CC(=O)c2ccnc(C)c2)c2ccccc2C)cc1. The number of benzene rings is 2. The first kappa shape index (κ1) is 18.8. The predicted octanol–water partition coefficient (Wildman–Crippen LogP) is 5.50. The molecule has 0 aliphatic carbocycles. The molecular weight excluding hydrogens is 334 g/mol. The van der Waals surface area contributed by atoms with E-state index in [1.165, 1.54) is 11.1 Å². The first-order chi connectivity index (χ1) is 13.1. The fourth-order valence-electron chi connectivity index (χ4n) is 3.37. The monoisotopic (exact) mass is 359 g/mol. The van der Waals surface area contributed by atoms with Crippen molar-refractivity contribution in [2.75, 3.05) is 6.61 Å². The maximum Gasteiger partial charge on any atom is 0.163 e. The lowest BCUT2D eigenvalue weighted by atomic mass is 9.84. The molecule has 0 amide bonds. The zero-order valence-electron chi connectivity index (χ0n) is 16.1. The predicted molar refractivity (Wildman–Crippen MR) is 109 cm³/mol. The average Bonchev–Trinajstić information content (AvgIpc) is 2.68. The third-order valence-corrected chi connectivity index (χ3v) is 4.77. The summed E-state index contributed by atoms with van der Waals surface area (Å²) in [5.74, 6) is 0.978. The molecule has 0 saturated carbocycles. The number of pyridine rings is 1. The summed E-state index contributed by atoms with van der Waals surface area (Å²) >= 11 is 0. The summed E-state index contributed by atoms with van der Waals surface area (Å²) in [5, 5.41) is 0. The van der Waals surface area contributed by atoms with Gasteiger partial charge in [0.15, 0.2) is 5.78 Å². The van der Waals surface area contributed by atoms with E-state index in [1.54, 1.807) is 12.3 Å². The molecule has 3 heteroatoms. The van der Waals surface area contributed by atoms with Gasteiger partial charge in [-0.2, -0.15) is 0 Å². The minimum absolute atomic E-state index is 0.00264. The average molecular weight is 359 g/mol. The lowest BCUT2D eigenvalue weighted by molar-refractivity contribution is 0.0977. The van der Waals surface area contributed by atoms with Crippen molar-refractivity contribution < 1.29 is 9.53 Å². The van der Waals surface area contributed by atoms with Crippen molar-refractivity contribution >= 4 is 5.78 Å². The second kappa shape index (κ2) is 8.63. The summed E-state index contributed by atoms with van der Waals surface area (Å²) in [7, 11) is 0. The molecule has 0 unspecified atom stereocenters. The normalized spacial score (nSPS) is 11.8. The Morgan fingerprint density at radius 3 is 2.44 bits per heavy atom. The van der Waals surface area contributed by atoms with E-state index in [1.807, 2.05) is 44.2 Å². The standard InChI is InChI=1S/C24H25NO2/c1-4-27-21-11-9-19(10-12-21)23(22-8-6-5-7-17(22)2)16-24(26)20-13-14-25-18(3)15-20/h5-15,23H,4,16H2,1-3H3/t23-/m1/s1. The molecule has 0 saturated heterocycles. The molecule has 0 radical (unpaired) electrons. The maximum atomic E-state index is 13.0. The van der Waals surface area contributed by atoms with E-state index >= 15 is 0 Å². The highest BCUT2D eigenvalue weighted by Gasteiger charge is 2.21. The molecule has 1 aromatic heterocycles. The number of carbonyl (C=O) groups excluding carboxylic acids is 1. The first-order valence-corrected chi connectivity index (χ1v) is 9.32. The van der Waals surface area contributed by atoms with Gasteiger partial charge in [0, 0.05) is 29.8 Å². The van der Waals surface area contributed by atoms with Crippen LogP contribution in [-0.2, 0) is 0 Å². The number of aryl methyl sites for hydroxylation is 2. The van der Waals surface area contributed by atoms with Crippen molar-refractivity contribution in [1.29, 1.82) is 0 Å². The third-order valence-electron chi connectivity index (χ3n) is 4.77. The van der Waals surface area contributed by atoms with Gasteiger partial charge in [-0.05, 0) is 61.7 Å². The van der Waals surface area contributed by atoms with Crippen LogP contribution in [0.1, 0.15) is 52.0 Å². The topological polar surface area (TPSA) is 39.2 Å². The van der Waals surface area contributed by atoms with Crippen LogP contribution in [0.3, 0.4) is 0 Å². The summed E-state index contributed by atoms with van der Waals surface area (Å²) in [6.45, 7) is 6.61. The fraction of sp³-hybridized carbons (Fsp3) is 0.250. The summed E-state index contributed by atoms with van der Waals surface area (Å²) in [6, 6.07) is 20.0. The molecule has 0 bridgehead atoms. The van der Waals surface area contributed by atoms with Crippen LogP contribution in [0.4, 0.5) is 0 Å². The molecular formula is C24H25NO2. The second-order valence-corrected chi connectivity index (χ2v) is 6.72. The van der Waals surface area contributed by atoms with Gasteiger partial charge in [0.2, 0.25) is 0 Å². The summed E-state index contributed by atoms with van der Waals surface area (Å²) < 4.78 is 5.56. The van der Waals surface area contributed by atoms with E-state index < -0.39 is 0 Å². The quantitative estimate of drug-likeness (QED) is 0.523. The van der Waals surface area contributed by atoms with E-state index in [-0.39, 0.29) is 11.7 Å². The molecule has 3 aromatic rings. The summed E-state index contributed by atoms with van der Waals surface area (Å²) in [4.78, 5) is 17.2. The summed E-state index contributed by atoms with van der Waals surface area (Å²) in [6.07, 6.45) is 2.12. The van der Waals surface area contributed by atoms with Gasteiger partial charge >= 0.3 is 0 Å². The number of nitrogens with zero attached hydrogens (tertiary/aromatic N) is 1. The van der Waals surface area contributed by atoms with Crippen molar-refractivity contribution in [2.24, 2.45) is 0 Å². The van der Waals surface area contributed by atoms with Crippen molar-refractivity contribution in [1.82, 2.24) is 4.98 Å². The number of ketones is 1. The molecule has 0 spiro atoms. The molecule has 0 N–H and O–H groups in total. The molecule has 0 fully saturated rings. The van der Waals surface area contributed by atoms with Gasteiger partial charge in [-0.15, -0.1) is 0 Å². The Bertz CT molecular complexity index is 916. The van der Waals surface area contributed by atoms with Crippen LogP contribution in [0.25, 0.3) is 0 Å². The van der Waals surface area contributed by atoms with E-state index in [0.717, 1.165) is 17.0 Å². The molecule has 2 aromatic carbocycles. The molecule has 3 nitrogen and oxygen atoms in total. The van der Waals surface area contributed by atoms with E-state index in [0.29, 0.717) is 18.6 Å². The van der Waals surface area contributed by atoms with Crippen LogP contribution in [0.2, 0.25) is 0 Å². The Labute approximate surface area is 161 Å². The Hall–Kier alpha value is -2.94. The van der Waals surface area contributed by atoms with Crippen molar-refractivity contribution in [2.45, 2.75) is 33.1 Å². The number of rotatable bonds is 7. The van der Waals surface area contributed by atoms with Gasteiger partial charge in [-0.3, -0.25) is 9.78 Å². The van der Waals surface area contributed by atoms with Gasteiger partial charge in [-0.25, -0.2) is 0 Å². The number of aromatic nitrogens is 1. The molecule has 1 heterocycles. The molecule has 27 heavy (non-hydrogen) atoms. The highest BCUT2D eigenvalue weighted by atomic mass is 16.5. The van der Waals surface area contributed by atoms with Crippen LogP contribution in [0.15, 0.2) is 66.9 Å². The Kier molecular flexibility index (Phi) is 6.02. The van der Waals surface area contributed by atoms with Crippen LogP contribution in [0.5, 0.6) is 5.75 Å². The van der Waals surface area contributed by atoms with Gasteiger partial charge in [0.25, 0.3) is 0 Å². The number of carbonyl (C=O) groups is 1. The van der Waals surface area contributed by atoms with Crippen LogP contribution < -0.4 is 4.74 Å². The largest absolute Gasteiger partial charge is 0.494 e. The fourth-order valence-corrected chi connectivity index (χ4v) is 3.37. The smallest absolute Gasteiger partial charge is 0.163 e. The van der Waals surface area contributed by atoms with Gasteiger partial charge < -0.3 is 4.74 Å². The van der Waals surface area contributed by atoms with E-state index in [9.17, 15) is 4.79 Å². The number of hydrogen-bond donors (Lipinski definition) is 0. The van der Waals surface area contributed by atoms with Crippen molar-refractivity contribution in [3.8, 4) is 5.75 Å². The van der Waals surface area contributed by atoms with Crippen LogP contribution >= 0.6 is 0 Å². The lowest BCUT2D eigenvalue weighted by Crippen LogP contribution is -2.11. The van der Waals surface area contributed by atoms with E-state index in [2.05, 4.69) is 36.2 Å². The minimum atomic E-state index is 0.00264. The molecule has 3 rings (SSSR count). The zero-order chi connectivity index (χ0) is 19.2. The Morgan fingerprint density at radius 2 is 1.78 bits per heavy atom. The Morgan fingerprint density at radius 1 is 1.04 bits per heavy atom. The molecule has 1 atom stereocenters. The van der Waals surface area contributed by atoms with Crippen molar-refractivity contribution in [3.63, 3.8) is 0 Å². The zero-order valence-corrected chi connectivity index (χ0v) is 16.1. The van der Waals surface area contributed by atoms with Gasteiger partial charge in [0.1, 0.15) is 5.75 Å². The van der Waals surface area contributed by atoms with Gasteiger partial charge in [0.05, 0.1) is 6.61 Å². The molecule has 0 aliphatic rings. The van der Waals surface area contributed by atoms with Gasteiger partial charge in [-0.1, -0.05) is 36.4 Å². The highest BCUT2D eigenvalue weighted by molar-refractivity contribution is 5.96. The second-order valence-electron chi connectivity index (χ2n) is 6.72. The number of Topliss-reactive ketones (excluding diaryl/α,β-unsaturated/α-hetero) is 1. The number of hydrogen-bond acceptors (Lipinski definition) is 3. The summed E-state index contributed by atoms with van der Waals surface area (Å²) in [5.41, 5.74) is 5.06. The lowest BCUT2D eigenvalue weighted by Gasteiger charge is -2.20. The minimum Gasteiger partial charge on any atom is -0.494 e.